The lowest BCUT2D eigenvalue weighted by atomic mass is 10.2. The van der Waals surface area contributed by atoms with E-state index in [1.807, 2.05) is 13.0 Å². The van der Waals surface area contributed by atoms with Gasteiger partial charge < -0.3 is 14.8 Å². The zero-order valence-corrected chi connectivity index (χ0v) is 13.5. The van der Waals surface area contributed by atoms with Gasteiger partial charge in [-0.15, -0.1) is 0 Å². The van der Waals surface area contributed by atoms with Crippen molar-refractivity contribution >= 4 is 29.2 Å². The number of rotatable bonds is 5. The Morgan fingerprint density at radius 3 is 2.70 bits per heavy atom. The fourth-order valence-corrected chi connectivity index (χ4v) is 2.07. The van der Waals surface area contributed by atoms with Crippen molar-refractivity contribution in [2.45, 2.75) is 6.92 Å². The van der Waals surface area contributed by atoms with Gasteiger partial charge in [0, 0.05) is 10.7 Å². The molecule has 2 rings (SSSR count). The van der Waals surface area contributed by atoms with E-state index in [0.717, 1.165) is 5.56 Å². The van der Waals surface area contributed by atoms with Gasteiger partial charge in [0.2, 0.25) is 0 Å². The Morgan fingerprint density at radius 1 is 1.17 bits per heavy atom. The summed E-state index contributed by atoms with van der Waals surface area (Å²) in [6, 6.07) is 11.7. The van der Waals surface area contributed by atoms with Crippen LogP contribution >= 0.6 is 11.6 Å². The Labute approximate surface area is 139 Å². The second kappa shape index (κ2) is 7.65. The number of amides is 1. The molecule has 23 heavy (non-hydrogen) atoms. The van der Waals surface area contributed by atoms with Crippen LogP contribution in [0.2, 0.25) is 5.02 Å². The number of hydrogen-bond donors (Lipinski definition) is 1. The van der Waals surface area contributed by atoms with Gasteiger partial charge in [-0.1, -0.05) is 23.7 Å². The fourth-order valence-electron chi connectivity index (χ4n) is 1.89. The Morgan fingerprint density at radius 2 is 1.96 bits per heavy atom. The van der Waals surface area contributed by atoms with Gasteiger partial charge in [-0.2, -0.15) is 0 Å². The van der Waals surface area contributed by atoms with Crippen LogP contribution in [0.15, 0.2) is 42.5 Å². The summed E-state index contributed by atoms with van der Waals surface area (Å²) in [6.45, 7) is 1.68. The fraction of sp³-hybridized carbons (Fsp3) is 0.176. The molecule has 0 saturated heterocycles. The molecule has 0 fully saturated rings. The van der Waals surface area contributed by atoms with E-state index in [0.29, 0.717) is 22.0 Å². The predicted molar refractivity (Wildman–Crippen MR) is 88.1 cm³/mol. The third-order valence-electron chi connectivity index (χ3n) is 3.10. The van der Waals surface area contributed by atoms with Gasteiger partial charge in [0.25, 0.3) is 5.91 Å². The largest absolute Gasteiger partial charge is 0.484 e. The van der Waals surface area contributed by atoms with Crippen LogP contribution in [0.3, 0.4) is 0 Å². The van der Waals surface area contributed by atoms with E-state index in [4.69, 9.17) is 16.3 Å². The van der Waals surface area contributed by atoms with Crippen molar-refractivity contribution in [1.29, 1.82) is 0 Å². The molecule has 120 valence electrons. The number of benzene rings is 2. The minimum Gasteiger partial charge on any atom is -0.484 e. The quantitative estimate of drug-likeness (QED) is 0.851. The molecule has 0 saturated carbocycles. The molecule has 1 N–H and O–H groups in total. The lowest BCUT2D eigenvalue weighted by molar-refractivity contribution is -0.118. The second-order valence-electron chi connectivity index (χ2n) is 4.82. The number of esters is 1. The molecule has 0 atom stereocenters. The summed E-state index contributed by atoms with van der Waals surface area (Å²) < 4.78 is 10.0. The number of carbonyl (C=O) groups excluding carboxylic acids is 2. The summed E-state index contributed by atoms with van der Waals surface area (Å²) in [5.41, 5.74) is 1.89. The maximum absolute atomic E-state index is 12.0. The first-order valence-electron chi connectivity index (χ1n) is 6.87. The van der Waals surface area contributed by atoms with Crippen molar-refractivity contribution in [3.63, 3.8) is 0 Å². The molecule has 0 heterocycles. The Balaban J connectivity index is 1.97. The molecule has 0 aromatic heterocycles. The summed E-state index contributed by atoms with van der Waals surface area (Å²) in [4.78, 5) is 23.4. The highest BCUT2D eigenvalue weighted by atomic mass is 35.5. The molecular weight excluding hydrogens is 318 g/mol. The van der Waals surface area contributed by atoms with E-state index in [-0.39, 0.29) is 12.5 Å². The molecule has 1 amide bonds. The second-order valence-corrected chi connectivity index (χ2v) is 5.25. The zero-order valence-electron chi connectivity index (χ0n) is 12.8. The van der Waals surface area contributed by atoms with E-state index in [1.54, 1.807) is 30.3 Å². The number of halogens is 1. The van der Waals surface area contributed by atoms with Crippen molar-refractivity contribution in [3.8, 4) is 5.75 Å². The van der Waals surface area contributed by atoms with Gasteiger partial charge in [-0.3, -0.25) is 4.79 Å². The third-order valence-corrected chi connectivity index (χ3v) is 3.33. The first-order chi connectivity index (χ1) is 11.0. The highest BCUT2D eigenvalue weighted by molar-refractivity contribution is 6.31. The standard InChI is InChI=1S/C17H16ClNO4/c1-11-6-7-13(18)9-15(11)19-16(20)10-23-14-5-3-4-12(8-14)17(21)22-2/h3-9H,10H2,1-2H3,(H,19,20). The van der Waals surface area contributed by atoms with Gasteiger partial charge in [0.15, 0.2) is 6.61 Å². The molecule has 0 aliphatic rings. The first kappa shape index (κ1) is 16.8. The van der Waals surface area contributed by atoms with Crippen LogP contribution < -0.4 is 10.1 Å². The van der Waals surface area contributed by atoms with Crippen LogP contribution in [0.1, 0.15) is 15.9 Å². The van der Waals surface area contributed by atoms with E-state index >= 15 is 0 Å². The van der Waals surface area contributed by atoms with Crippen molar-refractivity contribution < 1.29 is 19.1 Å². The SMILES string of the molecule is COC(=O)c1cccc(OCC(=O)Nc2cc(Cl)ccc2C)c1. The van der Waals surface area contributed by atoms with Crippen LogP contribution in [-0.4, -0.2) is 25.6 Å². The van der Waals surface area contributed by atoms with Gasteiger partial charge in [0.05, 0.1) is 12.7 Å². The van der Waals surface area contributed by atoms with Crippen molar-refractivity contribution in [1.82, 2.24) is 0 Å². The lowest BCUT2D eigenvalue weighted by Crippen LogP contribution is -2.20. The molecule has 2 aromatic carbocycles. The van der Waals surface area contributed by atoms with Gasteiger partial charge in [0.1, 0.15) is 5.75 Å². The molecular formula is C17H16ClNO4. The van der Waals surface area contributed by atoms with Crippen LogP contribution in [0.5, 0.6) is 5.75 Å². The van der Waals surface area contributed by atoms with Crippen molar-refractivity contribution in [2.75, 3.05) is 19.0 Å². The molecule has 5 nitrogen and oxygen atoms in total. The summed E-state index contributed by atoms with van der Waals surface area (Å²) >= 11 is 5.91. The smallest absolute Gasteiger partial charge is 0.337 e. The zero-order chi connectivity index (χ0) is 16.8. The number of anilines is 1. The normalized spacial score (nSPS) is 10.0. The molecule has 0 aliphatic heterocycles. The molecule has 0 bridgehead atoms. The molecule has 0 spiro atoms. The van der Waals surface area contributed by atoms with Crippen LogP contribution in [0, 0.1) is 6.92 Å². The van der Waals surface area contributed by atoms with Gasteiger partial charge >= 0.3 is 5.97 Å². The summed E-state index contributed by atoms with van der Waals surface area (Å²) in [6.07, 6.45) is 0. The van der Waals surface area contributed by atoms with Crippen LogP contribution in [0.4, 0.5) is 5.69 Å². The summed E-state index contributed by atoms with van der Waals surface area (Å²) in [5.74, 6) is -0.376. The number of ether oxygens (including phenoxy) is 2. The molecule has 0 radical (unpaired) electrons. The minimum atomic E-state index is -0.463. The first-order valence-corrected chi connectivity index (χ1v) is 7.24. The molecule has 2 aromatic rings. The number of methoxy groups -OCH3 is 1. The van der Waals surface area contributed by atoms with Gasteiger partial charge in [-0.25, -0.2) is 4.79 Å². The predicted octanol–water partition coefficient (Wildman–Crippen LogP) is 3.45. The third kappa shape index (κ3) is 4.72. The maximum Gasteiger partial charge on any atom is 0.337 e. The number of nitrogens with one attached hydrogen (secondary N) is 1. The number of aryl methyl sites for hydroxylation is 1. The average Bonchev–Trinajstić information content (AvgIpc) is 2.56. The van der Waals surface area contributed by atoms with Gasteiger partial charge in [-0.05, 0) is 42.8 Å². The Hall–Kier alpha value is -2.53. The van der Waals surface area contributed by atoms with E-state index in [2.05, 4.69) is 10.1 Å². The summed E-state index contributed by atoms with van der Waals surface area (Å²) in [7, 11) is 1.30. The Bertz CT molecular complexity index is 730. The Kier molecular flexibility index (Phi) is 5.60. The van der Waals surface area contributed by atoms with Crippen LogP contribution in [0.25, 0.3) is 0 Å². The van der Waals surface area contributed by atoms with E-state index < -0.39 is 5.97 Å². The molecule has 0 aliphatic carbocycles. The van der Waals surface area contributed by atoms with Crippen molar-refractivity contribution in [3.05, 3.63) is 58.6 Å². The van der Waals surface area contributed by atoms with Crippen LogP contribution in [-0.2, 0) is 9.53 Å². The lowest BCUT2D eigenvalue weighted by Gasteiger charge is -2.10. The highest BCUT2D eigenvalue weighted by Gasteiger charge is 2.09. The topological polar surface area (TPSA) is 64.6 Å². The minimum absolute atomic E-state index is 0.184. The highest BCUT2D eigenvalue weighted by Crippen LogP contribution is 2.20. The monoisotopic (exact) mass is 333 g/mol. The number of hydrogen-bond acceptors (Lipinski definition) is 4. The van der Waals surface area contributed by atoms with E-state index in [1.165, 1.54) is 13.2 Å². The van der Waals surface area contributed by atoms with E-state index in [9.17, 15) is 9.59 Å². The molecule has 0 unspecified atom stereocenters. The van der Waals surface area contributed by atoms with Crippen molar-refractivity contribution in [2.24, 2.45) is 0 Å². The maximum atomic E-state index is 12.0. The molecule has 6 heteroatoms. The average molecular weight is 334 g/mol. The number of carbonyl (C=O) groups is 2. The summed E-state index contributed by atoms with van der Waals surface area (Å²) in [5, 5.41) is 3.27.